The van der Waals surface area contributed by atoms with E-state index in [1.165, 1.54) is 0 Å². The van der Waals surface area contributed by atoms with E-state index in [0.717, 1.165) is 4.47 Å². The van der Waals surface area contributed by atoms with Gasteiger partial charge < -0.3 is 4.98 Å². The van der Waals surface area contributed by atoms with E-state index < -0.39 is 18.4 Å². The lowest BCUT2D eigenvalue weighted by molar-refractivity contribution is -0.170. The van der Waals surface area contributed by atoms with Crippen LogP contribution in [-0.4, -0.2) is 21.9 Å². The third kappa shape index (κ3) is 2.66. The Labute approximate surface area is 102 Å². The Kier molecular flexibility index (Phi) is 2.94. The van der Waals surface area contributed by atoms with E-state index in [-0.39, 0.29) is 5.82 Å². The number of imidazole rings is 1. The normalized spacial score (nSPS) is 12.0. The highest BCUT2D eigenvalue weighted by molar-refractivity contribution is 9.10. The van der Waals surface area contributed by atoms with Crippen LogP contribution >= 0.6 is 15.9 Å². The standard InChI is InChI=1S/C10H6BrF3N2O/c11-5-1-2-6-7(3-5)16-9(15-6)4-8(17)10(12,13)14/h1-3H,4H2,(H,15,16). The molecule has 1 aromatic carbocycles. The lowest BCUT2D eigenvalue weighted by Gasteiger charge is -2.01. The molecule has 3 nitrogen and oxygen atoms in total. The third-order valence-electron chi connectivity index (χ3n) is 2.14. The van der Waals surface area contributed by atoms with Crippen molar-refractivity contribution in [1.29, 1.82) is 0 Å². The van der Waals surface area contributed by atoms with Gasteiger partial charge in [0.2, 0.25) is 5.78 Å². The van der Waals surface area contributed by atoms with Gasteiger partial charge in [-0.2, -0.15) is 13.2 Å². The highest BCUT2D eigenvalue weighted by Gasteiger charge is 2.38. The van der Waals surface area contributed by atoms with Crippen LogP contribution in [0, 0.1) is 0 Å². The summed E-state index contributed by atoms with van der Waals surface area (Å²) in [6.45, 7) is 0. The molecule has 0 spiro atoms. The molecule has 0 aliphatic rings. The summed E-state index contributed by atoms with van der Waals surface area (Å²) in [5.74, 6) is -1.80. The number of alkyl halides is 3. The number of H-pyrrole nitrogens is 1. The van der Waals surface area contributed by atoms with Gasteiger partial charge in [0.1, 0.15) is 5.82 Å². The Balaban J connectivity index is 2.29. The fraction of sp³-hybridized carbons (Fsp3) is 0.200. The van der Waals surface area contributed by atoms with Gasteiger partial charge in [-0.25, -0.2) is 4.98 Å². The SMILES string of the molecule is O=C(Cc1nc2ccc(Br)cc2[nH]1)C(F)(F)F. The molecule has 17 heavy (non-hydrogen) atoms. The lowest BCUT2D eigenvalue weighted by Crippen LogP contribution is -2.24. The topological polar surface area (TPSA) is 45.8 Å². The lowest BCUT2D eigenvalue weighted by atomic mass is 10.3. The summed E-state index contributed by atoms with van der Waals surface area (Å²) in [5.41, 5.74) is 1.11. The molecule has 2 aromatic rings. The molecule has 0 aliphatic heterocycles. The van der Waals surface area contributed by atoms with Gasteiger partial charge in [-0.3, -0.25) is 4.79 Å². The van der Waals surface area contributed by atoms with Crippen LogP contribution in [-0.2, 0) is 11.2 Å². The number of aromatic nitrogens is 2. The number of nitrogens with zero attached hydrogens (tertiary/aromatic N) is 1. The van der Waals surface area contributed by atoms with Gasteiger partial charge in [0.15, 0.2) is 0 Å². The van der Waals surface area contributed by atoms with Crippen molar-refractivity contribution in [3.8, 4) is 0 Å². The second kappa shape index (κ2) is 4.14. The first-order valence-electron chi connectivity index (χ1n) is 4.60. The second-order valence-electron chi connectivity index (χ2n) is 3.44. The van der Waals surface area contributed by atoms with Crippen LogP contribution in [0.2, 0.25) is 0 Å². The predicted molar refractivity (Wildman–Crippen MR) is 58.6 cm³/mol. The molecule has 0 unspecified atom stereocenters. The molecule has 0 saturated heterocycles. The summed E-state index contributed by atoms with van der Waals surface area (Å²) in [4.78, 5) is 17.4. The van der Waals surface area contributed by atoms with Crippen LogP contribution in [0.15, 0.2) is 22.7 Å². The number of carbonyl (C=O) groups is 1. The number of carbonyl (C=O) groups excluding carboxylic acids is 1. The Bertz CT molecular complexity index is 576. The number of Topliss-reactive ketones (excluding diaryl/α,β-unsaturated/α-hetero) is 1. The van der Waals surface area contributed by atoms with Gasteiger partial charge >= 0.3 is 6.18 Å². The number of aromatic amines is 1. The van der Waals surface area contributed by atoms with Crippen LogP contribution in [0.1, 0.15) is 5.82 Å². The van der Waals surface area contributed by atoms with Crippen molar-refractivity contribution in [2.24, 2.45) is 0 Å². The summed E-state index contributed by atoms with van der Waals surface area (Å²) >= 11 is 3.23. The van der Waals surface area contributed by atoms with E-state index in [0.29, 0.717) is 11.0 Å². The minimum absolute atomic E-state index is 0.0143. The van der Waals surface area contributed by atoms with Gasteiger partial charge in [0.05, 0.1) is 17.5 Å². The predicted octanol–water partition coefficient (Wildman–Crippen LogP) is 3.00. The van der Waals surface area contributed by atoms with Crippen molar-refractivity contribution in [3.63, 3.8) is 0 Å². The number of halogens is 4. The van der Waals surface area contributed by atoms with E-state index in [9.17, 15) is 18.0 Å². The van der Waals surface area contributed by atoms with Crippen molar-refractivity contribution in [3.05, 3.63) is 28.5 Å². The first kappa shape index (κ1) is 12.1. The zero-order valence-corrected chi connectivity index (χ0v) is 9.89. The monoisotopic (exact) mass is 306 g/mol. The van der Waals surface area contributed by atoms with Crippen molar-refractivity contribution >= 4 is 32.7 Å². The molecular formula is C10H6BrF3N2O. The average molecular weight is 307 g/mol. The van der Waals surface area contributed by atoms with Crippen molar-refractivity contribution in [2.75, 3.05) is 0 Å². The molecule has 0 aliphatic carbocycles. The number of hydrogen-bond acceptors (Lipinski definition) is 2. The fourth-order valence-electron chi connectivity index (χ4n) is 1.37. The number of hydrogen-bond donors (Lipinski definition) is 1. The van der Waals surface area contributed by atoms with Gasteiger partial charge in [-0.05, 0) is 18.2 Å². The molecule has 1 heterocycles. The summed E-state index contributed by atoms with van der Waals surface area (Å²) in [6.07, 6.45) is -5.59. The summed E-state index contributed by atoms with van der Waals surface area (Å²) in [7, 11) is 0. The van der Waals surface area contributed by atoms with Crippen LogP contribution in [0.25, 0.3) is 11.0 Å². The van der Waals surface area contributed by atoms with E-state index in [4.69, 9.17) is 0 Å². The van der Waals surface area contributed by atoms with Gasteiger partial charge in [0.25, 0.3) is 0 Å². The average Bonchev–Trinajstić information content (AvgIpc) is 2.57. The van der Waals surface area contributed by atoms with Gasteiger partial charge in [0, 0.05) is 4.47 Å². The maximum absolute atomic E-state index is 12.1. The Hall–Kier alpha value is -1.37. The zero-order chi connectivity index (χ0) is 12.6. The maximum atomic E-state index is 12.1. The number of nitrogens with one attached hydrogen (secondary N) is 1. The largest absolute Gasteiger partial charge is 0.450 e. The first-order chi connectivity index (χ1) is 7.86. The molecule has 90 valence electrons. The molecule has 7 heteroatoms. The van der Waals surface area contributed by atoms with Gasteiger partial charge in [-0.1, -0.05) is 15.9 Å². The molecule has 0 amide bonds. The maximum Gasteiger partial charge on any atom is 0.450 e. The smallest absolute Gasteiger partial charge is 0.342 e. The van der Waals surface area contributed by atoms with Gasteiger partial charge in [-0.15, -0.1) is 0 Å². The second-order valence-corrected chi connectivity index (χ2v) is 4.36. The highest BCUT2D eigenvalue weighted by atomic mass is 79.9. The number of ketones is 1. The number of benzene rings is 1. The van der Waals surface area contributed by atoms with Crippen molar-refractivity contribution < 1.29 is 18.0 Å². The van der Waals surface area contributed by atoms with Crippen LogP contribution in [0.3, 0.4) is 0 Å². The molecule has 0 radical (unpaired) electrons. The van der Waals surface area contributed by atoms with E-state index >= 15 is 0 Å². The molecule has 1 N–H and O–H groups in total. The number of fused-ring (bicyclic) bond motifs is 1. The van der Waals surface area contributed by atoms with Crippen molar-refractivity contribution in [2.45, 2.75) is 12.6 Å². The minimum atomic E-state index is -4.82. The Morgan fingerprint density at radius 2 is 2.12 bits per heavy atom. The quantitative estimate of drug-likeness (QED) is 0.927. The molecule has 0 saturated carbocycles. The van der Waals surface area contributed by atoms with E-state index in [1.54, 1.807) is 18.2 Å². The molecule has 2 rings (SSSR count). The van der Waals surface area contributed by atoms with E-state index in [2.05, 4.69) is 25.9 Å². The Morgan fingerprint density at radius 3 is 2.76 bits per heavy atom. The van der Waals surface area contributed by atoms with Crippen LogP contribution in [0.4, 0.5) is 13.2 Å². The molecule has 0 bridgehead atoms. The Morgan fingerprint density at radius 1 is 1.41 bits per heavy atom. The summed E-state index contributed by atoms with van der Waals surface area (Å²) < 4.78 is 36.9. The number of rotatable bonds is 2. The highest BCUT2D eigenvalue weighted by Crippen LogP contribution is 2.21. The zero-order valence-electron chi connectivity index (χ0n) is 8.31. The van der Waals surface area contributed by atoms with Crippen LogP contribution in [0.5, 0.6) is 0 Å². The fourth-order valence-corrected chi connectivity index (χ4v) is 1.73. The minimum Gasteiger partial charge on any atom is -0.342 e. The van der Waals surface area contributed by atoms with Crippen molar-refractivity contribution in [1.82, 2.24) is 9.97 Å². The molecular weight excluding hydrogens is 301 g/mol. The first-order valence-corrected chi connectivity index (χ1v) is 5.40. The third-order valence-corrected chi connectivity index (χ3v) is 2.63. The molecule has 1 aromatic heterocycles. The molecule has 0 fully saturated rings. The van der Waals surface area contributed by atoms with Crippen LogP contribution < -0.4 is 0 Å². The molecule has 0 atom stereocenters. The van der Waals surface area contributed by atoms with E-state index in [1.807, 2.05) is 0 Å². The summed E-state index contributed by atoms with van der Waals surface area (Å²) in [6, 6.07) is 5.06. The summed E-state index contributed by atoms with van der Waals surface area (Å²) in [5, 5.41) is 0.